The van der Waals surface area contributed by atoms with Gasteiger partial charge in [-0.05, 0) is 31.1 Å². The third-order valence-corrected chi connectivity index (χ3v) is 3.54. The van der Waals surface area contributed by atoms with Crippen molar-refractivity contribution in [3.8, 4) is 0 Å². The Bertz CT molecular complexity index is 166. The van der Waals surface area contributed by atoms with Crippen LogP contribution in [0.3, 0.4) is 0 Å². The van der Waals surface area contributed by atoms with Gasteiger partial charge >= 0.3 is 0 Å². The lowest BCUT2D eigenvalue weighted by molar-refractivity contribution is 0.270. The van der Waals surface area contributed by atoms with E-state index in [0.717, 1.165) is 6.54 Å². The lowest BCUT2D eigenvalue weighted by atomic mass is 9.87. The van der Waals surface area contributed by atoms with Gasteiger partial charge in [0.15, 0.2) is 0 Å². The minimum Gasteiger partial charge on any atom is -0.328 e. The zero-order valence-corrected chi connectivity index (χ0v) is 9.97. The fourth-order valence-corrected chi connectivity index (χ4v) is 1.96. The molecule has 0 aliphatic heterocycles. The van der Waals surface area contributed by atoms with Gasteiger partial charge in [0.25, 0.3) is 0 Å². The molecule has 0 bridgehead atoms. The summed E-state index contributed by atoms with van der Waals surface area (Å²) < 4.78 is 0. The maximum absolute atomic E-state index is 5.96. The first kappa shape index (κ1) is 12.0. The van der Waals surface area contributed by atoms with Crippen LogP contribution in [0.4, 0.5) is 0 Å². The summed E-state index contributed by atoms with van der Waals surface area (Å²) in [5, 5.41) is 3.66. The summed E-state index contributed by atoms with van der Waals surface area (Å²) in [5.74, 6) is 0. The Hall–Kier alpha value is -0.0800. The fraction of sp³-hybridized carbons (Fsp3) is 1.00. The summed E-state index contributed by atoms with van der Waals surface area (Å²) in [6.45, 7) is 8.03. The maximum atomic E-state index is 5.96. The topological polar surface area (TPSA) is 38.0 Å². The summed E-state index contributed by atoms with van der Waals surface area (Å²) >= 11 is 0. The molecule has 1 aliphatic carbocycles. The second-order valence-corrected chi connectivity index (χ2v) is 5.52. The molecule has 0 saturated heterocycles. The van der Waals surface area contributed by atoms with Gasteiger partial charge in [-0.25, -0.2) is 0 Å². The van der Waals surface area contributed by atoms with Crippen LogP contribution in [-0.4, -0.2) is 18.6 Å². The number of rotatable bonds is 4. The molecule has 14 heavy (non-hydrogen) atoms. The molecule has 2 atom stereocenters. The molecule has 3 N–H and O–H groups in total. The van der Waals surface area contributed by atoms with Crippen molar-refractivity contribution < 1.29 is 0 Å². The smallest absolute Gasteiger partial charge is 0.00820 e. The molecule has 0 radical (unpaired) electrons. The molecule has 0 aromatic heterocycles. The minimum absolute atomic E-state index is 0.432. The van der Waals surface area contributed by atoms with E-state index < -0.39 is 0 Å². The summed E-state index contributed by atoms with van der Waals surface area (Å²) in [6, 6.07) is 1.11. The van der Waals surface area contributed by atoms with Gasteiger partial charge in [-0.3, -0.25) is 0 Å². The number of hydrogen-bond donors (Lipinski definition) is 2. The first-order valence-corrected chi connectivity index (χ1v) is 6.02. The zero-order chi connectivity index (χ0) is 10.6. The van der Waals surface area contributed by atoms with E-state index in [0.29, 0.717) is 17.5 Å². The second-order valence-electron chi connectivity index (χ2n) is 5.52. The molecule has 0 aromatic rings. The third kappa shape index (κ3) is 3.97. The third-order valence-electron chi connectivity index (χ3n) is 3.54. The molecule has 2 nitrogen and oxygen atoms in total. The van der Waals surface area contributed by atoms with Crippen molar-refractivity contribution in [1.82, 2.24) is 5.32 Å². The normalized spacial score (nSPS) is 29.1. The Balaban J connectivity index is 2.23. The van der Waals surface area contributed by atoms with Gasteiger partial charge in [0.05, 0.1) is 0 Å². The SMILES string of the molecule is CCC(C)(C)CNC1CCCC(N)C1. The molecule has 1 fully saturated rings. The Morgan fingerprint density at radius 1 is 1.36 bits per heavy atom. The molecule has 0 aromatic carbocycles. The molecule has 0 spiro atoms. The molecule has 0 amide bonds. The van der Waals surface area contributed by atoms with Crippen molar-refractivity contribution >= 4 is 0 Å². The summed E-state index contributed by atoms with van der Waals surface area (Å²) in [7, 11) is 0. The van der Waals surface area contributed by atoms with Gasteiger partial charge < -0.3 is 11.1 Å². The Morgan fingerprint density at radius 2 is 2.07 bits per heavy atom. The van der Waals surface area contributed by atoms with Crippen LogP contribution in [0, 0.1) is 5.41 Å². The van der Waals surface area contributed by atoms with E-state index >= 15 is 0 Å². The van der Waals surface area contributed by atoms with Crippen molar-refractivity contribution in [3.05, 3.63) is 0 Å². The number of nitrogens with one attached hydrogen (secondary N) is 1. The molecule has 2 unspecified atom stereocenters. The Labute approximate surface area is 88.6 Å². The second kappa shape index (κ2) is 5.13. The van der Waals surface area contributed by atoms with Gasteiger partial charge in [0.1, 0.15) is 0 Å². The predicted molar refractivity (Wildman–Crippen MR) is 62.3 cm³/mol. The standard InChI is InChI=1S/C12H26N2/c1-4-12(2,3)9-14-11-7-5-6-10(13)8-11/h10-11,14H,4-9,13H2,1-3H3. The van der Waals surface area contributed by atoms with E-state index in [2.05, 4.69) is 26.1 Å². The highest BCUT2D eigenvalue weighted by molar-refractivity contribution is 4.81. The van der Waals surface area contributed by atoms with Crippen LogP contribution in [0.5, 0.6) is 0 Å². The lowest BCUT2D eigenvalue weighted by Crippen LogP contribution is -2.42. The van der Waals surface area contributed by atoms with Gasteiger partial charge in [-0.15, -0.1) is 0 Å². The summed E-state index contributed by atoms with van der Waals surface area (Å²) in [6.07, 6.45) is 6.23. The van der Waals surface area contributed by atoms with Crippen molar-refractivity contribution in [2.45, 2.75) is 65.0 Å². The lowest BCUT2D eigenvalue weighted by Gasteiger charge is -2.31. The van der Waals surface area contributed by atoms with Crippen LogP contribution >= 0.6 is 0 Å². The van der Waals surface area contributed by atoms with Crippen LogP contribution in [-0.2, 0) is 0 Å². The van der Waals surface area contributed by atoms with E-state index in [1.165, 1.54) is 32.1 Å². The summed E-state index contributed by atoms with van der Waals surface area (Å²) in [5.41, 5.74) is 6.39. The van der Waals surface area contributed by atoms with Crippen molar-refractivity contribution in [3.63, 3.8) is 0 Å². The fourth-order valence-electron chi connectivity index (χ4n) is 1.96. The molecule has 2 heteroatoms. The highest BCUT2D eigenvalue weighted by Gasteiger charge is 2.21. The first-order valence-electron chi connectivity index (χ1n) is 6.02. The Morgan fingerprint density at radius 3 is 2.64 bits per heavy atom. The van der Waals surface area contributed by atoms with Gasteiger partial charge in [-0.2, -0.15) is 0 Å². The average Bonchev–Trinajstić information content (AvgIpc) is 2.15. The minimum atomic E-state index is 0.432. The molecule has 0 heterocycles. The van der Waals surface area contributed by atoms with Crippen LogP contribution in [0.2, 0.25) is 0 Å². The highest BCUT2D eigenvalue weighted by atomic mass is 14.9. The largest absolute Gasteiger partial charge is 0.328 e. The van der Waals surface area contributed by atoms with Crippen molar-refractivity contribution in [2.24, 2.45) is 11.1 Å². The van der Waals surface area contributed by atoms with Crippen LogP contribution in [0.25, 0.3) is 0 Å². The quantitative estimate of drug-likeness (QED) is 0.727. The van der Waals surface area contributed by atoms with Crippen LogP contribution < -0.4 is 11.1 Å². The Kier molecular flexibility index (Phi) is 4.39. The van der Waals surface area contributed by atoms with Crippen molar-refractivity contribution in [1.29, 1.82) is 0 Å². The van der Waals surface area contributed by atoms with E-state index in [9.17, 15) is 0 Å². The molecule has 1 aliphatic rings. The highest BCUT2D eigenvalue weighted by Crippen LogP contribution is 2.21. The van der Waals surface area contributed by atoms with E-state index in [4.69, 9.17) is 5.73 Å². The summed E-state index contributed by atoms with van der Waals surface area (Å²) in [4.78, 5) is 0. The van der Waals surface area contributed by atoms with Gasteiger partial charge in [0, 0.05) is 18.6 Å². The average molecular weight is 198 g/mol. The monoisotopic (exact) mass is 198 g/mol. The molecular weight excluding hydrogens is 172 g/mol. The molecule has 1 rings (SSSR count). The van der Waals surface area contributed by atoms with Gasteiger partial charge in [-0.1, -0.05) is 27.2 Å². The molecule has 84 valence electrons. The zero-order valence-electron chi connectivity index (χ0n) is 9.97. The molecular formula is C12H26N2. The van der Waals surface area contributed by atoms with Gasteiger partial charge in [0.2, 0.25) is 0 Å². The van der Waals surface area contributed by atoms with Crippen molar-refractivity contribution in [2.75, 3.05) is 6.54 Å². The van der Waals surface area contributed by atoms with Crippen LogP contribution in [0.1, 0.15) is 52.9 Å². The van der Waals surface area contributed by atoms with E-state index in [1.54, 1.807) is 0 Å². The number of nitrogens with two attached hydrogens (primary N) is 1. The number of hydrogen-bond acceptors (Lipinski definition) is 2. The first-order chi connectivity index (χ1) is 6.53. The maximum Gasteiger partial charge on any atom is 0.00820 e. The van der Waals surface area contributed by atoms with E-state index in [-0.39, 0.29) is 0 Å². The van der Waals surface area contributed by atoms with Crippen LogP contribution in [0.15, 0.2) is 0 Å². The predicted octanol–water partition coefficient (Wildman–Crippen LogP) is 2.28. The van der Waals surface area contributed by atoms with E-state index in [1.807, 2.05) is 0 Å². The molecule has 1 saturated carbocycles.